The van der Waals surface area contributed by atoms with E-state index in [0.29, 0.717) is 24.2 Å². The number of carbonyl (C=O) groups is 2. The monoisotopic (exact) mass is 314 g/mol. The number of carbonyl (C=O) groups excluding carboxylic acids is 2. The third kappa shape index (κ3) is 1.66. The lowest BCUT2D eigenvalue weighted by atomic mass is 9.47. The fraction of sp³-hybridized carbons (Fsp3) is 0.800. The van der Waals surface area contributed by atoms with E-state index in [9.17, 15) is 9.59 Å². The molecule has 0 aromatic heterocycles. The average molecular weight is 314 g/mol. The fourth-order valence-electron chi connectivity index (χ4n) is 7.31. The predicted molar refractivity (Wildman–Crippen MR) is 85.5 cm³/mol. The van der Waals surface area contributed by atoms with E-state index >= 15 is 0 Å². The van der Waals surface area contributed by atoms with Crippen molar-refractivity contribution in [2.24, 2.45) is 34.5 Å². The molecule has 0 amide bonds. The molecule has 3 heteroatoms. The predicted octanol–water partition coefficient (Wildman–Crippen LogP) is 3.67. The highest BCUT2D eigenvalue weighted by molar-refractivity contribution is 5.91. The van der Waals surface area contributed by atoms with Gasteiger partial charge >= 0.3 is 5.97 Å². The molecule has 6 atom stereocenters. The molecule has 1 spiro atoms. The molecule has 1 heterocycles. The van der Waals surface area contributed by atoms with Crippen molar-refractivity contribution < 1.29 is 14.3 Å². The molecule has 5 rings (SSSR count). The Labute approximate surface area is 137 Å². The van der Waals surface area contributed by atoms with Crippen molar-refractivity contribution in [3.8, 4) is 0 Å². The van der Waals surface area contributed by atoms with E-state index < -0.39 is 0 Å². The first-order valence-electron chi connectivity index (χ1n) is 9.45. The summed E-state index contributed by atoms with van der Waals surface area (Å²) < 4.78 is 5.51. The van der Waals surface area contributed by atoms with Gasteiger partial charge in [0.25, 0.3) is 0 Å². The lowest BCUT2D eigenvalue weighted by Crippen LogP contribution is -2.51. The van der Waals surface area contributed by atoms with Gasteiger partial charge in [-0.15, -0.1) is 0 Å². The maximum atomic E-state index is 12.1. The summed E-state index contributed by atoms with van der Waals surface area (Å²) in [5.41, 5.74) is 1.83. The number of hydrogen-bond donors (Lipinski definition) is 0. The molecule has 4 fully saturated rings. The maximum absolute atomic E-state index is 12.1. The first-order valence-corrected chi connectivity index (χ1v) is 9.45. The van der Waals surface area contributed by atoms with Gasteiger partial charge in [0.2, 0.25) is 0 Å². The van der Waals surface area contributed by atoms with Gasteiger partial charge in [-0.3, -0.25) is 9.59 Å². The SMILES string of the molecule is CC12CCC(=O)C=C1CCC1C2CCC23COC(=O)C2CCC13. The zero-order valence-electron chi connectivity index (χ0n) is 14.0. The van der Waals surface area contributed by atoms with Gasteiger partial charge in [0.1, 0.15) is 0 Å². The first kappa shape index (κ1) is 14.2. The molecule has 1 aliphatic heterocycles. The number of cyclic esters (lactones) is 1. The highest BCUT2D eigenvalue weighted by Gasteiger charge is 2.65. The zero-order chi connectivity index (χ0) is 15.8. The van der Waals surface area contributed by atoms with E-state index in [2.05, 4.69) is 6.92 Å². The number of hydrogen-bond acceptors (Lipinski definition) is 3. The van der Waals surface area contributed by atoms with Crippen molar-refractivity contribution in [2.75, 3.05) is 6.61 Å². The van der Waals surface area contributed by atoms with Gasteiger partial charge in [-0.2, -0.15) is 0 Å². The van der Waals surface area contributed by atoms with Crippen molar-refractivity contribution in [1.29, 1.82) is 0 Å². The summed E-state index contributed by atoms with van der Waals surface area (Å²) >= 11 is 0. The van der Waals surface area contributed by atoms with Crippen LogP contribution < -0.4 is 0 Å². The third-order valence-electron chi connectivity index (χ3n) is 8.45. The molecular weight excluding hydrogens is 288 g/mol. The van der Waals surface area contributed by atoms with Crippen molar-refractivity contribution in [3.63, 3.8) is 0 Å². The Kier molecular flexibility index (Phi) is 2.78. The highest BCUT2D eigenvalue weighted by Crippen LogP contribution is 2.68. The Morgan fingerprint density at radius 1 is 1.04 bits per heavy atom. The molecule has 0 radical (unpaired) electrons. The van der Waals surface area contributed by atoms with Gasteiger partial charge in [-0.05, 0) is 74.2 Å². The minimum atomic E-state index is 0.0804. The van der Waals surface area contributed by atoms with Crippen LogP contribution in [0.2, 0.25) is 0 Å². The quantitative estimate of drug-likeness (QED) is 0.641. The standard InChI is InChI=1S/C20H26O3/c1-19-8-6-13(21)10-12(19)2-3-14-15(19)7-9-20-11-23-18(22)17(20)5-4-16(14)20/h10,14-17H,2-9,11H2,1H3. The van der Waals surface area contributed by atoms with E-state index in [1.807, 2.05) is 6.08 Å². The summed E-state index contributed by atoms with van der Waals surface area (Å²) in [5, 5.41) is 0. The smallest absolute Gasteiger partial charge is 0.309 e. The second-order valence-electron chi connectivity index (χ2n) is 8.98. The summed E-state index contributed by atoms with van der Waals surface area (Å²) in [4.78, 5) is 24.0. The number of allylic oxidation sites excluding steroid dienone is 1. The summed E-state index contributed by atoms with van der Waals surface area (Å²) in [5.74, 6) is 2.72. The van der Waals surface area contributed by atoms with Gasteiger partial charge in [0.05, 0.1) is 12.5 Å². The molecule has 0 aromatic carbocycles. The lowest BCUT2D eigenvalue weighted by molar-refractivity contribution is -0.141. The van der Waals surface area contributed by atoms with E-state index in [4.69, 9.17) is 4.74 Å². The van der Waals surface area contributed by atoms with Crippen molar-refractivity contribution >= 4 is 11.8 Å². The van der Waals surface area contributed by atoms with E-state index in [1.54, 1.807) is 0 Å². The van der Waals surface area contributed by atoms with Crippen LogP contribution in [0.15, 0.2) is 11.6 Å². The molecule has 0 bridgehead atoms. The van der Waals surface area contributed by atoms with Gasteiger partial charge < -0.3 is 4.74 Å². The molecule has 0 N–H and O–H groups in total. The Morgan fingerprint density at radius 2 is 1.91 bits per heavy atom. The molecule has 0 aromatic rings. The molecule has 124 valence electrons. The van der Waals surface area contributed by atoms with Crippen molar-refractivity contribution in [2.45, 2.75) is 58.3 Å². The summed E-state index contributed by atoms with van der Waals surface area (Å²) in [6.45, 7) is 3.10. The molecular formula is C20H26O3. The van der Waals surface area contributed by atoms with Crippen molar-refractivity contribution in [1.82, 2.24) is 0 Å². The minimum absolute atomic E-state index is 0.0804. The summed E-state index contributed by atoms with van der Waals surface area (Å²) in [7, 11) is 0. The van der Waals surface area contributed by atoms with Crippen LogP contribution in [-0.4, -0.2) is 18.4 Å². The van der Waals surface area contributed by atoms with Crippen LogP contribution in [0.4, 0.5) is 0 Å². The summed E-state index contributed by atoms with van der Waals surface area (Å²) in [6.07, 6.45) is 10.7. The summed E-state index contributed by atoms with van der Waals surface area (Å²) in [6, 6.07) is 0. The number of ketones is 1. The molecule has 3 nitrogen and oxygen atoms in total. The van der Waals surface area contributed by atoms with Crippen LogP contribution in [0.1, 0.15) is 58.3 Å². The molecule has 5 aliphatic rings. The number of esters is 1. The Bertz CT molecular complexity index is 620. The topological polar surface area (TPSA) is 43.4 Å². The largest absolute Gasteiger partial charge is 0.465 e. The van der Waals surface area contributed by atoms with Crippen LogP contribution in [0, 0.1) is 34.5 Å². The van der Waals surface area contributed by atoms with Crippen LogP contribution in [0.25, 0.3) is 0 Å². The second kappa shape index (κ2) is 4.49. The normalized spacial score (nSPS) is 51.3. The Morgan fingerprint density at radius 3 is 2.78 bits per heavy atom. The van der Waals surface area contributed by atoms with Gasteiger partial charge in [0, 0.05) is 11.8 Å². The Hall–Kier alpha value is -1.12. The molecule has 6 unspecified atom stereocenters. The van der Waals surface area contributed by atoms with E-state index in [0.717, 1.165) is 38.0 Å². The first-order chi connectivity index (χ1) is 11.0. The molecule has 23 heavy (non-hydrogen) atoms. The molecule has 1 saturated heterocycles. The maximum Gasteiger partial charge on any atom is 0.309 e. The van der Waals surface area contributed by atoms with Crippen LogP contribution >= 0.6 is 0 Å². The van der Waals surface area contributed by atoms with E-state index in [-0.39, 0.29) is 22.7 Å². The van der Waals surface area contributed by atoms with Crippen LogP contribution in [0.3, 0.4) is 0 Å². The minimum Gasteiger partial charge on any atom is -0.465 e. The number of rotatable bonds is 0. The van der Waals surface area contributed by atoms with Crippen LogP contribution in [-0.2, 0) is 14.3 Å². The van der Waals surface area contributed by atoms with Crippen molar-refractivity contribution in [3.05, 3.63) is 11.6 Å². The second-order valence-corrected chi connectivity index (χ2v) is 8.98. The fourth-order valence-corrected chi connectivity index (χ4v) is 7.31. The lowest BCUT2D eigenvalue weighted by Gasteiger charge is -2.57. The van der Waals surface area contributed by atoms with E-state index in [1.165, 1.54) is 24.8 Å². The number of fused-ring (bicyclic) bond motifs is 4. The van der Waals surface area contributed by atoms with Crippen LogP contribution in [0.5, 0.6) is 0 Å². The number of ether oxygens (including phenoxy) is 1. The van der Waals surface area contributed by atoms with Gasteiger partial charge in [-0.25, -0.2) is 0 Å². The molecule has 4 aliphatic carbocycles. The zero-order valence-corrected chi connectivity index (χ0v) is 14.0. The highest BCUT2D eigenvalue weighted by atomic mass is 16.5. The van der Waals surface area contributed by atoms with Gasteiger partial charge in [-0.1, -0.05) is 12.5 Å². The average Bonchev–Trinajstić information content (AvgIpc) is 3.06. The Balaban J connectivity index is 1.51. The van der Waals surface area contributed by atoms with Gasteiger partial charge in [0.15, 0.2) is 5.78 Å². The molecule has 3 saturated carbocycles. The third-order valence-corrected chi connectivity index (χ3v) is 8.45.